The average molecular weight is 415 g/mol. The quantitative estimate of drug-likeness (QED) is 0.307. The van der Waals surface area contributed by atoms with Gasteiger partial charge in [0, 0.05) is 59.2 Å². The maximum absolute atomic E-state index is 12.2. The van der Waals surface area contributed by atoms with Crippen molar-refractivity contribution in [2.24, 2.45) is 10.9 Å². The van der Waals surface area contributed by atoms with Crippen molar-refractivity contribution in [3.05, 3.63) is 0 Å². The van der Waals surface area contributed by atoms with E-state index in [1.165, 1.54) is 0 Å². The van der Waals surface area contributed by atoms with E-state index in [1.807, 2.05) is 34.6 Å². The third-order valence-corrected chi connectivity index (χ3v) is 4.46. The van der Waals surface area contributed by atoms with Gasteiger partial charge in [0.05, 0.1) is 0 Å². The van der Waals surface area contributed by atoms with E-state index in [0.29, 0.717) is 32.1 Å². The minimum Gasteiger partial charge on any atom is -0.444 e. The standard InChI is InChI=1S/C21H42N4O4/c1-6-22-19(23-11-8-14-28-17-18-9-15-27-16-10-18)24-12-13-25(7-2)20(26)29-21(3,4)5/h18H,6-17H2,1-5H3,(H2,22,23,24). The molecule has 8 nitrogen and oxygen atoms in total. The van der Waals surface area contributed by atoms with Crippen LogP contribution in [0.1, 0.15) is 53.9 Å². The van der Waals surface area contributed by atoms with Crippen LogP contribution >= 0.6 is 0 Å². The Bertz CT molecular complexity index is 474. The lowest BCUT2D eigenvalue weighted by Crippen LogP contribution is -2.44. The number of nitrogens with zero attached hydrogens (tertiary/aromatic N) is 2. The molecule has 170 valence electrons. The van der Waals surface area contributed by atoms with Crippen molar-refractivity contribution in [3.63, 3.8) is 0 Å². The molecule has 1 aliphatic rings. The highest BCUT2D eigenvalue weighted by Crippen LogP contribution is 2.14. The smallest absolute Gasteiger partial charge is 0.410 e. The Labute approximate surface area is 176 Å². The van der Waals surface area contributed by atoms with E-state index in [1.54, 1.807) is 4.90 Å². The normalized spacial score (nSPS) is 15.8. The predicted octanol–water partition coefficient (Wildman–Crippen LogP) is 2.63. The Hall–Kier alpha value is -1.54. The topological polar surface area (TPSA) is 84.4 Å². The first-order chi connectivity index (χ1) is 13.9. The van der Waals surface area contributed by atoms with Crippen LogP contribution in [0.25, 0.3) is 0 Å². The maximum atomic E-state index is 12.2. The highest BCUT2D eigenvalue weighted by atomic mass is 16.6. The van der Waals surface area contributed by atoms with E-state index in [0.717, 1.165) is 58.2 Å². The van der Waals surface area contributed by atoms with Crippen LogP contribution in [0.5, 0.6) is 0 Å². The first kappa shape index (κ1) is 25.5. The Morgan fingerprint density at radius 2 is 1.93 bits per heavy atom. The Morgan fingerprint density at radius 1 is 1.21 bits per heavy atom. The van der Waals surface area contributed by atoms with Crippen LogP contribution < -0.4 is 10.6 Å². The van der Waals surface area contributed by atoms with E-state index in [4.69, 9.17) is 14.2 Å². The number of carbonyl (C=O) groups is 1. The Balaban J connectivity index is 2.25. The van der Waals surface area contributed by atoms with Gasteiger partial charge < -0.3 is 29.7 Å². The first-order valence-corrected chi connectivity index (χ1v) is 11.0. The molecule has 0 radical (unpaired) electrons. The van der Waals surface area contributed by atoms with Crippen LogP contribution in [0.3, 0.4) is 0 Å². The van der Waals surface area contributed by atoms with Crippen LogP contribution in [-0.4, -0.2) is 81.7 Å². The molecule has 1 heterocycles. The summed E-state index contributed by atoms with van der Waals surface area (Å²) in [4.78, 5) is 18.5. The molecular formula is C21H42N4O4. The highest BCUT2D eigenvalue weighted by Gasteiger charge is 2.20. The third kappa shape index (κ3) is 12.6. The van der Waals surface area contributed by atoms with E-state index in [2.05, 4.69) is 15.6 Å². The number of amides is 1. The Kier molecular flexibility index (Phi) is 12.7. The molecule has 1 fully saturated rings. The molecule has 1 amide bonds. The molecule has 1 aliphatic heterocycles. The maximum Gasteiger partial charge on any atom is 0.410 e. The first-order valence-electron chi connectivity index (χ1n) is 11.0. The van der Waals surface area contributed by atoms with Gasteiger partial charge >= 0.3 is 6.09 Å². The molecule has 2 N–H and O–H groups in total. The van der Waals surface area contributed by atoms with Gasteiger partial charge in [-0.3, -0.25) is 4.99 Å². The summed E-state index contributed by atoms with van der Waals surface area (Å²) in [5.74, 6) is 1.40. The molecule has 8 heteroatoms. The zero-order valence-corrected chi connectivity index (χ0v) is 19.1. The summed E-state index contributed by atoms with van der Waals surface area (Å²) in [5.41, 5.74) is -0.485. The number of hydrogen-bond acceptors (Lipinski definition) is 5. The zero-order chi connectivity index (χ0) is 21.5. The number of aliphatic imine (C=N–C) groups is 1. The number of rotatable bonds is 11. The number of ether oxygens (including phenoxy) is 3. The van der Waals surface area contributed by atoms with Crippen molar-refractivity contribution in [1.82, 2.24) is 15.5 Å². The lowest BCUT2D eigenvalue weighted by Gasteiger charge is -2.26. The van der Waals surface area contributed by atoms with Crippen LogP contribution in [0.4, 0.5) is 4.79 Å². The van der Waals surface area contributed by atoms with Gasteiger partial charge in [-0.25, -0.2) is 4.79 Å². The van der Waals surface area contributed by atoms with Crippen molar-refractivity contribution >= 4 is 12.1 Å². The van der Waals surface area contributed by atoms with Gasteiger partial charge in [0.15, 0.2) is 5.96 Å². The molecule has 0 aromatic carbocycles. The van der Waals surface area contributed by atoms with Gasteiger partial charge in [-0.15, -0.1) is 0 Å². The molecule has 0 saturated carbocycles. The van der Waals surface area contributed by atoms with Crippen LogP contribution in [0, 0.1) is 5.92 Å². The largest absolute Gasteiger partial charge is 0.444 e. The van der Waals surface area contributed by atoms with Gasteiger partial charge in [-0.1, -0.05) is 0 Å². The van der Waals surface area contributed by atoms with Gasteiger partial charge in [0.1, 0.15) is 5.60 Å². The predicted molar refractivity (Wildman–Crippen MR) is 116 cm³/mol. The summed E-state index contributed by atoms with van der Waals surface area (Å²) < 4.78 is 16.6. The zero-order valence-electron chi connectivity index (χ0n) is 19.1. The van der Waals surface area contributed by atoms with Gasteiger partial charge in [0.25, 0.3) is 0 Å². The van der Waals surface area contributed by atoms with Crippen molar-refractivity contribution in [2.75, 3.05) is 59.2 Å². The van der Waals surface area contributed by atoms with E-state index < -0.39 is 5.60 Å². The number of nitrogens with one attached hydrogen (secondary N) is 2. The molecule has 0 aliphatic carbocycles. The molecule has 1 saturated heterocycles. The summed E-state index contributed by atoms with van der Waals surface area (Å²) in [6.07, 6.45) is 2.80. The second-order valence-electron chi connectivity index (χ2n) is 8.23. The van der Waals surface area contributed by atoms with E-state index >= 15 is 0 Å². The fraction of sp³-hybridized carbons (Fsp3) is 0.905. The number of guanidine groups is 1. The molecular weight excluding hydrogens is 372 g/mol. The summed E-state index contributed by atoms with van der Waals surface area (Å²) in [6.45, 7) is 16.1. The van der Waals surface area contributed by atoms with Gasteiger partial charge in [0.2, 0.25) is 0 Å². The molecule has 0 atom stereocenters. The summed E-state index contributed by atoms with van der Waals surface area (Å²) in [5, 5.41) is 6.51. The van der Waals surface area contributed by atoms with Gasteiger partial charge in [-0.2, -0.15) is 0 Å². The lowest BCUT2D eigenvalue weighted by atomic mass is 10.0. The fourth-order valence-corrected chi connectivity index (χ4v) is 2.88. The molecule has 1 rings (SSSR count). The summed E-state index contributed by atoms with van der Waals surface area (Å²) >= 11 is 0. The molecule has 0 spiro atoms. The van der Waals surface area contributed by atoms with Crippen molar-refractivity contribution in [1.29, 1.82) is 0 Å². The SMILES string of the molecule is CCNC(=NCCCOCC1CCOCC1)NCCN(CC)C(=O)OC(C)(C)C. The molecule has 0 unspecified atom stereocenters. The van der Waals surface area contributed by atoms with Crippen molar-refractivity contribution in [3.8, 4) is 0 Å². The minimum absolute atomic E-state index is 0.287. The monoisotopic (exact) mass is 414 g/mol. The van der Waals surface area contributed by atoms with E-state index in [-0.39, 0.29) is 6.09 Å². The minimum atomic E-state index is -0.485. The second kappa shape index (κ2) is 14.4. The van der Waals surface area contributed by atoms with Gasteiger partial charge in [-0.05, 0) is 59.8 Å². The molecule has 0 aromatic heterocycles. The number of hydrogen-bond donors (Lipinski definition) is 2. The second-order valence-corrected chi connectivity index (χ2v) is 8.23. The van der Waals surface area contributed by atoms with Crippen LogP contribution in [-0.2, 0) is 14.2 Å². The summed E-state index contributed by atoms with van der Waals surface area (Å²) in [6, 6.07) is 0. The Morgan fingerprint density at radius 3 is 2.55 bits per heavy atom. The molecule has 0 aromatic rings. The average Bonchev–Trinajstić information content (AvgIpc) is 2.67. The fourth-order valence-electron chi connectivity index (χ4n) is 2.88. The summed E-state index contributed by atoms with van der Waals surface area (Å²) in [7, 11) is 0. The van der Waals surface area contributed by atoms with Crippen molar-refractivity contribution in [2.45, 2.75) is 59.5 Å². The van der Waals surface area contributed by atoms with E-state index in [9.17, 15) is 4.79 Å². The molecule has 29 heavy (non-hydrogen) atoms. The lowest BCUT2D eigenvalue weighted by molar-refractivity contribution is 0.0205. The van der Waals surface area contributed by atoms with Crippen molar-refractivity contribution < 1.29 is 19.0 Å². The van der Waals surface area contributed by atoms with Crippen LogP contribution in [0.2, 0.25) is 0 Å². The van der Waals surface area contributed by atoms with Crippen LogP contribution in [0.15, 0.2) is 4.99 Å². The third-order valence-electron chi connectivity index (χ3n) is 4.46. The molecule has 0 bridgehead atoms. The highest BCUT2D eigenvalue weighted by molar-refractivity contribution is 5.79. The number of likely N-dealkylation sites (N-methyl/N-ethyl adjacent to an activating group) is 1. The number of carbonyl (C=O) groups excluding carboxylic acids is 1.